The molecule has 1 aliphatic rings. The van der Waals surface area contributed by atoms with Crippen LogP contribution in [0.3, 0.4) is 0 Å². The lowest BCUT2D eigenvalue weighted by molar-refractivity contribution is 0.0743. The van der Waals surface area contributed by atoms with Gasteiger partial charge in [0.25, 0.3) is 5.91 Å². The number of piperazine rings is 1. The van der Waals surface area contributed by atoms with Crippen LogP contribution in [0.25, 0.3) is 5.52 Å². The summed E-state index contributed by atoms with van der Waals surface area (Å²) in [7, 11) is 0. The molecule has 0 aliphatic carbocycles. The molecule has 28 heavy (non-hydrogen) atoms. The van der Waals surface area contributed by atoms with E-state index >= 15 is 0 Å². The molecule has 1 aromatic carbocycles. The van der Waals surface area contributed by atoms with Gasteiger partial charge in [-0.15, -0.1) is 0 Å². The Morgan fingerprint density at radius 3 is 2.46 bits per heavy atom. The number of hydrogen-bond acceptors (Lipinski definition) is 3. The molecule has 1 aliphatic heterocycles. The average Bonchev–Trinajstić information content (AvgIpc) is 3.06. The highest BCUT2D eigenvalue weighted by Gasteiger charge is 2.26. The number of amides is 1. The van der Waals surface area contributed by atoms with Gasteiger partial charge < -0.3 is 14.2 Å². The van der Waals surface area contributed by atoms with E-state index in [0.717, 1.165) is 36.5 Å². The second kappa shape index (κ2) is 7.62. The van der Waals surface area contributed by atoms with Crippen LogP contribution in [-0.2, 0) is 6.42 Å². The Kier molecular flexibility index (Phi) is 5.03. The van der Waals surface area contributed by atoms with Crippen molar-refractivity contribution in [3.05, 3.63) is 66.0 Å². The highest BCUT2D eigenvalue weighted by atomic mass is 19.1. The van der Waals surface area contributed by atoms with Crippen LogP contribution < -0.4 is 4.90 Å². The van der Waals surface area contributed by atoms with Gasteiger partial charge in [0.15, 0.2) is 5.69 Å². The van der Waals surface area contributed by atoms with Crippen molar-refractivity contribution in [2.75, 3.05) is 31.1 Å². The summed E-state index contributed by atoms with van der Waals surface area (Å²) in [5.41, 5.74) is 2.38. The first-order valence-electron chi connectivity index (χ1n) is 9.78. The molecule has 146 valence electrons. The Morgan fingerprint density at radius 1 is 1.07 bits per heavy atom. The van der Waals surface area contributed by atoms with Crippen LogP contribution in [-0.4, -0.2) is 46.4 Å². The fraction of sp³-hybridized carbons (Fsp3) is 0.364. The molecule has 5 nitrogen and oxygen atoms in total. The van der Waals surface area contributed by atoms with Gasteiger partial charge in [-0.05, 0) is 42.3 Å². The number of hydrogen-bond donors (Lipinski definition) is 0. The van der Waals surface area contributed by atoms with E-state index in [1.54, 1.807) is 12.1 Å². The zero-order valence-corrected chi connectivity index (χ0v) is 16.3. The van der Waals surface area contributed by atoms with Crippen molar-refractivity contribution in [3.63, 3.8) is 0 Å². The van der Waals surface area contributed by atoms with E-state index in [2.05, 4.69) is 18.7 Å². The highest BCUT2D eigenvalue weighted by molar-refractivity contribution is 5.99. The van der Waals surface area contributed by atoms with Crippen molar-refractivity contribution in [1.29, 1.82) is 0 Å². The van der Waals surface area contributed by atoms with Gasteiger partial charge >= 0.3 is 0 Å². The van der Waals surface area contributed by atoms with Gasteiger partial charge in [0.2, 0.25) is 0 Å². The van der Waals surface area contributed by atoms with Crippen molar-refractivity contribution in [3.8, 4) is 0 Å². The molecule has 1 fully saturated rings. The SMILES string of the molecule is CC(C)Cc1nc(C(=O)N2CCN(c3ccc(F)cc3)CC2)c2ccccn12. The first-order chi connectivity index (χ1) is 13.5. The van der Waals surface area contributed by atoms with E-state index in [0.29, 0.717) is 24.7 Å². The molecule has 3 aromatic rings. The molecule has 6 heteroatoms. The Hall–Kier alpha value is -2.89. The summed E-state index contributed by atoms with van der Waals surface area (Å²) in [6.07, 6.45) is 2.81. The molecule has 2 aromatic heterocycles. The number of benzene rings is 1. The number of imidazole rings is 1. The number of pyridine rings is 1. The number of carbonyl (C=O) groups excluding carboxylic acids is 1. The maximum Gasteiger partial charge on any atom is 0.274 e. The summed E-state index contributed by atoms with van der Waals surface area (Å²) in [5.74, 6) is 1.14. The Morgan fingerprint density at radius 2 is 1.79 bits per heavy atom. The van der Waals surface area contributed by atoms with Gasteiger partial charge in [0.05, 0.1) is 5.52 Å². The van der Waals surface area contributed by atoms with E-state index in [9.17, 15) is 9.18 Å². The monoisotopic (exact) mass is 380 g/mol. The summed E-state index contributed by atoms with van der Waals surface area (Å²) < 4.78 is 15.2. The van der Waals surface area contributed by atoms with Crippen LogP contribution >= 0.6 is 0 Å². The number of nitrogens with zero attached hydrogens (tertiary/aromatic N) is 4. The van der Waals surface area contributed by atoms with Crippen LogP contribution in [0.5, 0.6) is 0 Å². The smallest absolute Gasteiger partial charge is 0.274 e. The molecule has 0 saturated carbocycles. The Labute approximate surface area is 164 Å². The lowest BCUT2D eigenvalue weighted by Crippen LogP contribution is -2.49. The molecule has 3 heterocycles. The Bertz CT molecular complexity index is 972. The summed E-state index contributed by atoms with van der Waals surface area (Å²) in [6.45, 7) is 7.01. The normalized spacial score (nSPS) is 14.9. The van der Waals surface area contributed by atoms with E-state index in [-0.39, 0.29) is 11.7 Å². The zero-order valence-electron chi connectivity index (χ0n) is 16.3. The van der Waals surface area contributed by atoms with Crippen molar-refractivity contribution < 1.29 is 9.18 Å². The van der Waals surface area contributed by atoms with Crippen LogP contribution in [0.15, 0.2) is 48.7 Å². The summed E-state index contributed by atoms with van der Waals surface area (Å²) >= 11 is 0. The molecule has 0 atom stereocenters. The van der Waals surface area contributed by atoms with E-state index < -0.39 is 0 Å². The lowest BCUT2D eigenvalue weighted by atomic mass is 10.1. The molecule has 0 N–H and O–H groups in total. The number of halogens is 1. The first-order valence-corrected chi connectivity index (χ1v) is 9.78. The number of fused-ring (bicyclic) bond motifs is 1. The topological polar surface area (TPSA) is 40.9 Å². The van der Waals surface area contributed by atoms with E-state index in [1.807, 2.05) is 33.7 Å². The third-order valence-corrected chi connectivity index (χ3v) is 5.17. The second-order valence-electron chi connectivity index (χ2n) is 7.69. The minimum atomic E-state index is -0.235. The number of aromatic nitrogens is 2. The predicted octanol–water partition coefficient (Wildman–Crippen LogP) is 3.63. The van der Waals surface area contributed by atoms with Gasteiger partial charge in [-0.3, -0.25) is 4.79 Å². The van der Waals surface area contributed by atoms with Crippen molar-refractivity contribution in [2.45, 2.75) is 20.3 Å². The molecule has 4 rings (SSSR count). The number of carbonyl (C=O) groups is 1. The number of rotatable bonds is 4. The minimum absolute atomic E-state index is 0.0162. The molecule has 0 spiro atoms. The Balaban J connectivity index is 1.52. The zero-order chi connectivity index (χ0) is 19.7. The highest BCUT2D eigenvalue weighted by Crippen LogP contribution is 2.21. The van der Waals surface area contributed by atoms with Crippen LogP contribution in [0.4, 0.5) is 10.1 Å². The minimum Gasteiger partial charge on any atom is -0.368 e. The molecular formula is C22H25FN4O. The van der Waals surface area contributed by atoms with Crippen LogP contribution in [0, 0.1) is 11.7 Å². The standard InChI is InChI=1S/C22H25FN4O/c1-16(2)15-20-24-21(19-5-3-4-10-27(19)20)22(28)26-13-11-25(12-14-26)18-8-6-17(23)7-9-18/h3-10,16H,11-15H2,1-2H3. The molecular weight excluding hydrogens is 355 g/mol. The molecule has 0 radical (unpaired) electrons. The molecule has 1 saturated heterocycles. The van der Waals surface area contributed by atoms with Crippen molar-refractivity contribution >= 4 is 17.1 Å². The molecule has 0 unspecified atom stereocenters. The van der Waals surface area contributed by atoms with E-state index in [1.165, 1.54) is 12.1 Å². The largest absolute Gasteiger partial charge is 0.368 e. The van der Waals surface area contributed by atoms with Gasteiger partial charge in [0, 0.05) is 44.5 Å². The van der Waals surface area contributed by atoms with Crippen LogP contribution in [0.1, 0.15) is 30.2 Å². The third-order valence-electron chi connectivity index (χ3n) is 5.17. The fourth-order valence-electron chi connectivity index (χ4n) is 3.74. The van der Waals surface area contributed by atoms with Crippen LogP contribution in [0.2, 0.25) is 0 Å². The number of anilines is 1. The molecule has 1 amide bonds. The maximum atomic E-state index is 13.2. The lowest BCUT2D eigenvalue weighted by Gasteiger charge is -2.35. The fourth-order valence-corrected chi connectivity index (χ4v) is 3.74. The van der Waals surface area contributed by atoms with Crippen molar-refractivity contribution in [2.24, 2.45) is 5.92 Å². The second-order valence-corrected chi connectivity index (χ2v) is 7.69. The van der Waals surface area contributed by atoms with Gasteiger partial charge in [0.1, 0.15) is 11.6 Å². The average molecular weight is 380 g/mol. The quantitative estimate of drug-likeness (QED) is 0.694. The van der Waals surface area contributed by atoms with Gasteiger partial charge in [-0.25, -0.2) is 9.37 Å². The summed E-state index contributed by atoms with van der Waals surface area (Å²) in [5, 5.41) is 0. The predicted molar refractivity (Wildman–Crippen MR) is 108 cm³/mol. The van der Waals surface area contributed by atoms with Gasteiger partial charge in [-0.1, -0.05) is 19.9 Å². The summed E-state index contributed by atoms with van der Waals surface area (Å²) in [4.78, 5) is 21.9. The molecule has 0 bridgehead atoms. The summed E-state index contributed by atoms with van der Waals surface area (Å²) in [6, 6.07) is 12.4. The third kappa shape index (κ3) is 3.59. The first kappa shape index (κ1) is 18.5. The van der Waals surface area contributed by atoms with E-state index in [4.69, 9.17) is 4.98 Å². The van der Waals surface area contributed by atoms with Crippen molar-refractivity contribution in [1.82, 2.24) is 14.3 Å². The van der Waals surface area contributed by atoms with Gasteiger partial charge in [-0.2, -0.15) is 0 Å². The maximum absolute atomic E-state index is 13.2.